The Kier molecular flexibility index (Phi) is 6.98. The van der Waals surface area contributed by atoms with Crippen LogP contribution in [0.5, 0.6) is 0 Å². The molecule has 1 aromatic carbocycles. The first kappa shape index (κ1) is 17.3. The molecule has 0 bridgehead atoms. The smallest absolute Gasteiger partial charge is 0.254 e. The van der Waals surface area contributed by atoms with Gasteiger partial charge >= 0.3 is 0 Å². The van der Waals surface area contributed by atoms with Crippen molar-refractivity contribution in [2.45, 2.75) is 34.1 Å². The molecule has 1 unspecified atom stereocenters. The molecule has 1 atom stereocenters. The quantitative estimate of drug-likeness (QED) is 0.846. The van der Waals surface area contributed by atoms with Crippen molar-refractivity contribution >= 4 is 5.91 Å². The first-order chi connectivity index (χ1) is 10.0. The lowest BCUT2D eigenvalue weighted by atomic mass is 10.0. The Hall–Kier alpha value is -1.79. The summed E-state index contributed by atoms with van der Waals surface area (Å²) in [6.45, 7) is 9.52. The van der Waals surface area contributed by atoms with Crippen molar-refractivity contribution in [3.8, 4) is 11.8 Å². The summed E-state index contributed by atoms with van der Waals surface area (Å²) in [5.41, 5.74) is 2.38. The third kappa shape index (κ3) is 4.61. The van der Waals surface area contributed by atoms with E-state index in [0.717, 1.165) is 24.1 Å². The molecule has 0 saturated heterocycles. The fourth-order valence-corrected chi connectivity index (χ4v) is 2.17. The highest BCUT2D eigenvalue weighted by atomic mass is 16.2. The second-order valence-electron chi connectivity index (χ2n) is 5.30. The first-order valence-electron chi connectivity index (χ1n) is 7.53. The van der Waals surface area contributed by atoms with E-state index in [1.807, 2.05) is 36.9 Å². The van der Waals surface area contributed by atoms with Gasteiger partial charge in [-0.1, -0.05) is 38.2 Å². The van der Waals surface area contributed by atoms with Crippen LogP contribution in [0.1, 0.15) is 48.7 Å². The minimum atomic E-state index is -0.174. The maximum Gasteiger partial charge on any atom is 0.254 e. The largest absolute Gasteiger partial charge is 0.384 e. The van der Waals surface area contributed by atoms with Crippen molar-refractivity contribution in [2.24, 2.45) is 5.92 Å². The van der Waals surface area contributed by atoms with Crippen molar-refractivity contribution < 1.29 is 9.90 Å². The molecule has 0 spiro atoms. The predicted octanol–water partition coefficient (Wildman–Crippen LogP) is 2.85. The van der Waals surface area contributed by atoms with Crippen LogP contribution in [0.3, 0.4) is 0 Å². The number of rotatable bonds is 5. The van der Waals surface area contributed by atoms with E-state index < -0.39 is 0 Å². The number of carbonyl (C=O) groups is 1. The summed E-state index contributed by atoms with van der Waals surface area (Å²) in [5, 5.41) is 8.80. The van der Waals surface area contributed by atoms with Crippen LogP contribution in [0.4, 0.5) is 0 Å². The molecular formula is C18H25NO2. The van der Waals surface area contributed by atoms with Gasteiger partial charge in [0, 0.05) is 24.2 Å². The van der Waals surface area contributed by atoms with Crippen LogP contribution >= 0.6 is 0 Å². The predicted molar refractivity (Wildman–Crippen MR) is 86.2 cm³/mol. The summed E-state index contributed by atoms with van der Waals surface area (Å²) in [5.74, 6) is 6.08. The average molecular weight is 287 g/mol. The Bertz CT molecular complexity index is 540. The molecule has 0 aliphatic heterocycles. The topological polar surface area (TPSA) is 40.5 Å². The summed E-state index contributed by atoms with van der Waals surface area (Å²) >= 11 is 0. The molecule has 0 aromatic heterocycles. The van der Waals surface area contributed by atoms with Crippen LogP contribution < -0.4 is 0 Å². The van der Waals surface area contributed by atoms with E-state index in [0.29, 0.717) is 18.0 Å². The van der Waals surface area contributed by atoms with Gasteiger partial charge in [-0.25, -0.2) is 0 Å². The molecule has 1 N–H and O–H groups in total. The zero-order chi connectivity index (χ0) is 15.8. The summed E-state index contributed by atoms with van der Waals surface area (Å²) in [6, 6.07) is 5.57. The molecule has 0 heterocycles. The molecule has 0 aliphatic rings. The fraction of sp³-hybridized carbons (Fsp3) is 0.500. The highest BCUT2D eigenvalue weighted by molar-refractivity contribution is 5.96. The first-order valence-corrected chi connectivity index (χ1v) is 7.53. The van der Waals surface area contributed by atoms with Gasteiger partial charge in [-0.15, -0.1) is 0 Å². The summed E-state index contributed by atoms with van der Waals surface area (Å²) in [7, 11) is 0. The lowest BCUT2D eigenvalue weighted by Crippen LogP contribution is -2.35. The van der Waals surface area contributed by atoms with Crippen LogP contribution in [0, 0.1) is 24.7 Å². The minimum Gasteiger partial charge on any atom is -0.384 e. The zero-order valence-corrected chi connectivity index (χ0v) is 13.4. The monoisotopic (exact) mass is 287 g/mol. The van der Waals surface area contributed by atoms with Gasteiger partial charge in [-0.3, -0.25) is 4.79 Å². The Balaban J connectivity index is 3.05. The second kappa shape index (κ2) is 8.49. The normalized spacial score (nSPS) is 11.5. The molecule has 0 fully saturated rings. The van der Waals surface area contributed by atoms with Gasteiger partial charge in [0.25, 0.3) is 5.91 Å². The molecular weight excluding hydrogens is 262 g/mol. The molecule has 0 saturated carbocycles. The van der Waals surface area contributed by atoms with Crippen LogP contribution in [0.25, 0.3) is 0 Å². The third-order valence-electron chi connectivity index (χ3n) is 3.76. The van der Waals surface area contributed by atoms with Crippen LogP contribution in [-0.2, 0) is 0 Å². The van der Waals surface area contributed by atoms with Crippen molar-refractivity contribution in [1.82, 2.24) is 4.90 Å². The molecule has 0 radical (unpaired) electrons. The van der Waals surface area contributed by atoms with Gasteiger partial charge in [-0.05, 0) is 37.5 Å². The second-order valence-corrected chi connectivity index (χ2v) is 5.30. The van der Waals surface area contributed by atoms with Gasteiger partial charge in [0.2, 0.25) is 0 Å². The van der Waals surface area contributed by atoms with Gasteiger partial charge in [0.1, 0.15) is 6.61 Å². The highest BCUT2D eigenvalue weighted by Gasteiger charge is 2.18. The summed E-state index contributed by atoms with van der Waals surface area (Å²) in [6.07, 6.45) is 1.06. The molecule has 21 heavy (non-hydrogen) atoms. The average Bonchev–Trinajstić information content (AvgIpc) is 2.50. The van der Waals surface area contributed by atoms with Crippen LogP contribution in [0.15, 0.2) is 18.2 Å². The lowest BCUT2D eigenvalue weighted by molar-refractivity contribution is 0.0740. The van der Waals surface area contributed by atoms with E-state index in [1.165, 1.54) is 0 Å². The van der Waals surface area contributed by atoms with Gasteiger partial charge in [-0.2, -0.15) is 0 Å². The molecule has 1 aromatic rings. The highest BCUT2D eigenvalue weighted by Crippen LogP contribution is 2.16. The number of aliphatic hydroxyl groups excluding tert-OH is 1. The van der Waals surface area contributed by atoms with E-state index >= 15 is 0 Å². The number of hydrogen-bond acceptors (Lipinski definition) is 2. The Morgan fingerprint density at radius 2 is 2.10 bits per heavy atom. The molecule has 3 nitrogen and oxygen atoms in total. The molecule has 1 rings (SSSR count). The minimum absolute atomic E-state index is 0.0583. The summed E-state index contributed by atoms with van der Waals surface area (Å²) < 4.78 is 0. The van der Waals surface area contributed by atoms with E-state index in [2.05, 4.69) is 25.7 Å². The Labute approximate surface area is 128 Å². The van der Waals surface area contributed by atoms with Crippen molar-refractivity contribution in [2.75, 3.05) is 19.7 Å². The lowest BCUT2D eigenvalue weighted by Gasteiger charge is -2.25. The van der Waals surface area contributed by atoms with Crippen molar-refractivity contribution in [1.29, 1.82) is 0 Å². The number of aliphatic hydroxyl groups is 1. The fourth-order valence-electron chi connectivity index (χ4n) is 2.17. The van der Waals surface area contributed by atoms with E-state index in [9.17, 15) is 4.79 Å². The molecule has 114 valence electrons. The Morgan fingerprint density at radius 1 is 1.38 bits per heavy atom. The van der Waals surface area contributed by atoms with Crippen molar-refractivity contribution in [3.63, 3.8) is 0 Å². The van der Waals surface area contributed by atoms with Gasteiger partial charge in [0.15, 0.2) is 0 Å². The standard InChI is InChI=1S/C18H25NO2/c1-5-14(3)13-19(6-2)18(21)17-11-7-9-16(15(17)4)10-8-12-20/h7,9,11,14,20H,5-6,12-13H2,1-4H3. The number of amides is 1. The number of nitrogens with zero attached hydrogens (tertiary/aromatic N) is 1. The van der Waals surface area contributed by atoms with Crippen LogP contribution in [-0.4, -0.2) is 35.6 Å². The number of hydrogen-bond donors (Lipinski definition) is 1. The third-order valence-corrected chi connectivity index (χ3v) is 3.76. The van der Waals surface area contributed by atoms with E-state index in [-0.39, 0.29) is 12.5 Å². The molecule has 3 heteroatoms. The maximum atomic E-state index is 12.7. The van der Waals surface area contributed by atoms with Gasteiger partial charge < -0.3 is 10.0 Å². The van der Waals surface area contributed by atoms with Gasteiger partial charge in [0.05, 0.1) is 0 Å². The van der Waals surface area contributed by atoms with Crippen molar-refractivity contribution in [3.05, 3.63) is 34.9 Å². The summed E-state index contributed by atoms with van der Waals surface area (Å²) in [4.78, 5) is 14.6. The Morgan fingerprint density at radius 3 is 2.67 bits per heavy atom. The zero-order valence-electron chi connectivity index (χ0n) is 13.4. The van der Waals surface area contributed by atoms with E-state index in [1.54, 1.807) is 0 Å². The number of carbonyl (C=O) groups excluding carboxylic acids is 1. The SMILES string of the molecule is CCC(C)CN(CC)C(=O)c1cccc(C#CCO)c1C. The number of benzene rings is 1. The molecule has 1 amide bonds. The van der Waals surface area contributed by atoms with Crippen LogP contribution in [0.2, 0.25) is 0 Å². The van der Waals surface area contributed by atoms with E-state index in [4.69, 9.17) is 5.11 Å². The maximum absolute atomic E-state index is 12.7. The molecule has 0 aliphatic carbocycles.